The fraction of sp³-hybridized carbons (Fsp3) is 0.200. The van der Waals surface area contributed by atoms with Gasteiger partial charge in [0.25, 0.3) is 0 Å². The predicted octanol–water partition coefficient (Wildman–Crippen LogP) is 4.09. The van der Waals surface area contributed by atoms with Gasteiger partial charge in [0.1, 0.15) is 5.82 Å². The van der Waals surface area contributed by atoms with Gasteiger partial charge >= 0.3 is 0 Å². The van der Waals surface area contributed by atoms with Crippen molar-refractivity contribution < 1.29 is 4.39 Å². The van der Waals surface area contributed by atoms with E-state index >= 15 is 0 Å². The Bertz CT molecular complexity index is 572. The maximum atomic E-state index is 13.8. The van der Waals surface area contributed by atoms with Crippen molar-refractivity contribution in [1.82, 2.24) is 0 Å². The molecule has 0 aliphatic carbocycles. The lowest BCUT2D eigenvalue weighted by atomic mass is 10.1. The van der Waals surface area contributed by atoms with E-state index in [1.54, 1.807) is 24.3 Å². The largest absolute Gasteiger partial charge is 0.399 e. The third-order valence-electron chi connectivity index (χ3n) is 3.01. The first-order valence-corrected chi connectivity index (χ1v) is 6.53. The second-order valence-electron chi connectivity index (χ2n) is 4.32. The van der Waals surface area contributed by atoms with Gasteiger partial charge in [-0.3, -0.25) is 0 Å². The van der Waals surface area contributed by atoms with Crippen LogP contribution in [0.15, 0.2) is 42.5 Å². The summed E-state index contributed by atoms with van der Waals surface area (Å²) in [7, 11) is 0. The van der Waals surface area contributed by atoms with Crippen LogP contribution in [0.3, 0.4) is 0 Å². The number of nitrogens with zero attached hydrogens (tertiary/aromatic N) is 1. The Labute approximate surface area is 117 Å². The van der Waals surface area contributed by atoms with E-state index in [4.69, 9.17) is 17.3 Å². The van der Waals surface area contributed by atoms with Crippen molar-refractivity contribution in [3.8, 4) is 0 Å². The fourth-order valence-corrected chi connectivity index (χ4v) is 2.22. The molecule has 2 nitrogen and oxygen atoms in total. The molecule has 0 aromatic heterocycles. The minimum atomic E-state index is -0.226. The number of rotatable bonds is 4. The van der Waals surface area contributed by atoms with Crippen LogP contribution in [0.4, 0.5) is 15.8 Å². The summed E-state index contributed by atoms with van der Waals surface area (Å²) in [6, 6.07) is 12.1. The van der Waals surface area contributed by atoms with E-state index in [1.165, 1.54) is 6.07 Å². The van der Waals surface area contributed by atoms with Gasteiger partial charge in [-0.15, -0.1) is 0 Å². The zero-order valence-corrected chi connectivity index (χ0v) is 11.5. The molecule has 2 aromatic rings. The summed E-state index contributed by atoms with van der Waals surface area (Å²) in [5.41, 5.74) is 7.81. The van der Waals surface area contributed by atoms with Crippen molar-refractivity contribution >= 4 is 23.0 Å². The van der Waals surface area contributed by atoms with E-state index in [1.807, 2.05) is 24.0 Å². The van der Waals surface area contributed by atoms with E-state index in [0.29, 0.717) is 29.5 Å². The van der Waals surface area contributed by atoms with E-state index < -0.39 is 0 Å². The van der Waals surface area contributed by atoms with Crippen LogP contribution in [0.1, 0.15) is 12.5 Å². The molecule has 2 aromatic carbocycles. The molecular weight excluding hydrogens is 263 g/mol. The van der Waals surface area contributed by atoms with Crippen LogP contribution < -0.4 is 10.6 Å². The average Bonchev–Trinajstić information content (AvgIpc) is 2.39. The Balaban J connectivity index is 2.27. The molecule has 0 aliphatic heterocycles. The number of nitrogen functional groups attached to an aromatic ring is 1. The van der Waals surface area contributed by atoms with Gasteiger partial charge < -0.3 is 10.6 Å². The molecule has 0 radical (unpaired) electrons. The molecule has 0 heterocycles. The topological polar surface area (TPSA) is 29.3 Å². The van der Waals surface area contributed by atoms with Crippen LogP contribution >= 0.6 is 11.6 Å². The Morgan fingerprint density at radius 2 is 1.95 bits per heavy atom. The zero-order valence-electron chi connectivity index (χ0n) is 10.7. The summed E-state index contributed by atoms with van der Waals surface area (Å²) in [4.78, 5) is 1.94. The molecule has 0 fully saturated rings. The summed E-state index contributed by atoms with van der Waals surface area (Å²) in [6.45, 7) is 3.23. The maximum Gasteiger partial charge on any atom is 0.146 e. The number of para-hydroxylation sites is 1. The van der Waals surface area contributed by atoms with E-state index in [2.05, 4.69) is 0 Å². The highest BCUT2D eigenvalue weighted by atomic mass is 35.5. The van der Waals surface area contributed by atoms with Crippen LogP contribution in [0.5, 0.6) is 0 Å². The van der Waals surface area contributed by atoms with Gasteiger partial charge in [-0.1, -0.05) is 29.8 Å². The highest BCUT2D eigenvalue weighted by Gasteiger charge is 2.11. The molecule has 100 valence electrons. The van der Waals surface area contributed by atoms with E-state index in [-0.39, 0.29) is 5.82 Å². The summed E-state index contributed by atoms with van der Waals surface area (Å²) < 4.78 is 13.8. The summed E-state index contributed by atoms with van der Waals surface area (Å²) >= 11 is 6.16. The SMILES string of the molecule is CCN(Cc1ccc(N)cc1Cl)c1ccccc1F. The molecule has 2 rings (SSSR count). The predicted molar refractivity (Wildman–Crippen MR) is 79.0 cm³/mol. The van der Waals surface area contributed by atoms with Crippen LogP contribution in [0.2, 0.25) is 5.02 Å². The average molecular weight is 279 g/mol. The highest BCUT2D eigenvalue weighted by molar-refractivity contribution is 6.31. The lowest BCUT2D eigenvalue weighted by molar-refractivity contribution is 0.618. The fourth-order valence-electron chi connectivity index (χ4n) is 1.97. The molecule has 4 heteroatoms. The molecule has 0 amide bonds. The molecule has 0 spiro atoms. The monoisotopic (exact) mass is 278 g/mol. The van der Waals surface area contributed by atoms with Crippen molar-refractivity contribution in [2.45, 2.75) is 13.5 Å². The molecule has 19 heavy (non-hydrogen) atoms. The molecule has 0 saturated carbocycles. The lowest BCUT2D eigenvalue weighted by Gasteiger charge is -2.24. The first kappa shape index (κ1) is 13.7. The van der Waals surface area contributed by atoms with Gasteiger partial charge in [-0.25, -0.2) is 4.39 Å². The van der Waals surface area contributed by atoms with Gasteiger partial charge in [0.05, 0.1) is 5.69 Å². The molecule has 2 N–H and O–H groups in total. The Morgan fingerprint density at radius 1 is 1.21 bits per heavy atom. The van der Waals surface area contributed by atoms with Gasteiger partial charge in [0, 0.05) is 23.8 Å². The number of halogens is 2. The van der Waals surface area contributed by atoms with Crippen molar-refractivity contribution in [2.24, 2.45) is 0 Å². The maximum absolute atomic E-state index is 13.8. The molecule has 0 saturated heterocycles. The third kappa shape index (κ3) is 3.18. The number of benzene rings is 2. The molecule has 0 bridgehead atoms. The van der Waals surface area contributed by atoms with E-state index in [0.717, 1.165) is 5.56 Å². The Morgan fingerprint density at radius 3 is 2.58 bits per heavy atom. The minimum absolute atomic E-state index is 0.226. The molecule has 0 unspecified atom stereocenters. The number of hydrogen-bond donors (Lipinski definition) is 1. The normalized spacial score (nSPS) is 10.5. The van der Waals surface area contributed by atoms with Gasteiger partial charge in [0.2, 0.25) is 0 Å². The molecule has 0 aliphatic rings. The first-order valence-electron chi connectivity index (χ1n) is 6.15. The van der Waals surface area contributed by atoms with Gasteiger partial charge in [-0.2, -0.15) is 0 Å². The number of anilines is 2. The van der Waals surface area contributed by atoms with Gasteiger partial charge in [0.15, 0.2) is 0 Å². The first-order chi connectivity index (χ1) is 9.11. The number of nitrogens with two attached hydrogens (primary N) is 1. The molecule has 0 atom stereocenters. The number of hydrogen-bond acceptors (Lipinski definition) is 2. The summed E-state index contributed by atoms with van der Waals surface area (Å²) in [5.74, 6) is -0.226. The second kappa shape index (κ2) is 5.93. The van der Waals surface area contributed by atoms with Crippen molar-refractivity contribution in [3.05, 3.63) is 58.9 Å². The third-order valence-corrected chi connectivity index (χ3v) is 3.37. The van der Waals surface area contributed by atoms with Crippen LogP contribution in [0.25, 0.3) is 0 Å². The zero-order chi connectivity index (χ0) is 13.8. The smallest absolute Gasteiger partial charge is 0.146 e. The Kier molecular flexibility index (Phi) is 4.27. The summed E-state index contributed by atoms with van der Waals surface area (Å²) in [6.07, 6.45) is 0. The van der Waals surface area contributed by atoms with Crippen molar-refractivity contribution in [1.29, 1.82) is 0 Å². The van der Waals surface area contributed by atoms with E-state index in [9.17, 15) is 4.39 Å². The van der Waals surface area contributed by atoms with Crippen molar-refractivity contribution in [3.63, 3.8) is 0 Å². The van der Waals surface area contributed by atoms with Gasteiger partial charge in [-0.05, 0) is 36.8 Å². The minimum Gasteiger partial charge on any atom is -0.399 e. The summed E-state index contributed by atoms with van der Waals surface area (Å²) in [5, 5.41) is 0.606. The second-order valence-corrected chi connectivity index (χ2v) is 4.72. The highest BCUT2D eigenvalue weighted by Crippen LogP contribution is 2.25. The standard InChI is InChI=1S/C15H16ClFN2/c1-2-19(15-6-4-3-5-14(15)17)10-11-7-8-12(18)9-13(11)16/h3-9H,2,10,18H2,1H3. The van der Waals surface area contributed by atoms with Crippen LogP contribution in [-0.4, -0.2) is 6.54 Å². The molecular formula is C15H16ClFN2. The van der Waals surface area contributed by atoms with Crippen LogP contribution in [-0.2, 0) is 6.54 Å². The van der Waals surface area contributed by atoms with Crippen LogP contribution in [0, 0.1) is 5.82 Å². The van der Waals surface area contributed by atoms with Crippen molar-refractivity contribution in [2.75, 3.05) is 17.2 Å². The lowest BCUT2D eigenvalue weighted by Crippen LogP contribution is -2.23. The Hall–Kier alpha value is -1.74. The quantitative estimate of drug-likeness (QED) is 0.854.